The van der Waals surface area contributed by atoms with Gasteiger partial charge in [-0.05, 0) is 44.2 Å². The van der Waals surface area contributed by atoms with Crippen molar-refractivity contribution < 1.29 is 9.53 Å². The number of methoxy groups -OCH3 is 1. The second-order valence-electron chi connectivity index (χ2n) is 6.62. The molecule has 0 spiro atoms. The maximum absolute atomic E-state index is 13.0. The van der Waals surface area contributed by atoms with E-state index in [1.165, 1.54) is 6.42 Å². The topological polar surface area (TPSA) is 41.6 Å². The van der Waals surface area contributed by atoms with Crippen LogP contribution in [0.25, 0.3) is 0 Å². The number of hydrogen-bond acceptors (Lipinski definition) is 3. The Morgan fingerprint density at radius 1 is 1.25 bits per heavy atom. The molecule has 0 radical (unpaired) electrons. The first-order valence-corrected chi connectivity index (χ1v) is 7.56. The molecule has 2 saturated heterocycles. The highest BCUT2D eigenvalue weighted by atomic mass is 35.5. The lowest BCUT2D eigenvalue weighted by Crippen LogP contribution is -2.54. The molecule has 2 aliphatic heterocycles. The molecule has 0 aromatic rings. The molecule has 2 heterocycles. The van der Waals surface area contributed by atoms with E-state index in [4.69, 9.17) is 4.74 Å². The fourth-order valence-corrected chi connectivity index (χ4v) is 3.77. The molecule has 4 nitrogen and oxygen atoms in total. The average Bonchev–Trinajstić information content (AvgIpc) is 2.38. The molecule has 118 valence electrons. The minimum atomic E-state index is -0.281. The number of ether oxygens (including phenoxy) is 1. The molecule has 1 N–H and O–H groups in total. The van der Waals surface area contributed by atoms with Crippen LogP contribution in [-0.4, -0.2) is 50.7 Å². The molecule has 2 atom stereocenters. The fourth-order valence-electron chi connectivity index (χ4n) is 3.77. The molecular weight excluding hydrogens is 276 g/mol. The van der Waals surface area contributed by atoms with Gasteiger partial charge >= 0.3 is 0 Å². The molecule has 0 aliphatic carbocycles. The quantitative estimate of drug-likeness (QED) is 0.866. The summed E-state index contributed by atoms with van der Waals surface area (Å²) in [4.78, 5) is 15.1. The highest BCUT2D eigenvalue weighted by Crippen LogP contribution is 2.34. The maximum Gasteiger partial charge on any atom is 0.231 e. The van der Waals surface area contributed by atoms with Crippen molar-refractivity contribution in [2.75, 3.05) is 39.9 Å². The zero-order valence-corrected chi connectivity index (χ0v) is 13.8. The molecule has 2 aliphatic rings. The zero-order valence-electron chi connectivity index (χ0n) is 13.0. The Kier molecular flexibility index (Phi) is 6.76. The lowest BCUT2D eigenvalue weighted by Gasteiger charge is -2.43. The number of halogens is 1. The van der Waals surface area contributed by atoms with Crippen LogP contribution in [0.4, 0.5) is 0 Å². The first-order valence-electron chi connectivity index (χ1n) is 7.56. The summed E-state index contributed by atoms with van der Waals surface area (Å²) >= 11 is 0. The summed E-state index contributed by atoms with van der Waals surface area (Å²) in [5.41, 5.74) is -0.281. The molecule has 20 heavy (non-hydrogen) atoms. The van der Waals surface area contributed by atoms with Gasteiger partial charge in [-0.1, -0.05) is 13.8 Å². The first kappa shape index (κ1) is 17.7. The van der Waals surface area contributed by atoms with E-state index < -0.39 is 0 Å². The van der Waals surface area contributed by atoms with E-state index in [9.17, 15) is 4.79 Å². The average molecular weight is 305 g/mol. The molecule has 1 amide bonds. The predicted molar refractivity (Wildman–Crippen MR) is 83.2 cm³/mol. The number of carbonyl (C=O) groups is 1. The maximum atomic E-state index is 13.0. The minimum Gasteiger partial charge on any atom is -0.384 e. The molecule has 0 aromatic carbocycles. The van der Waals surface area contributed by atoms with Gasteiger partial charge in [0.05, 0.1) is 12.0 Å². The van der Waals surface area contributed by atoms with E-state index in [2.05, 4.69) is 24.1 Å². The third-order valence-corrected chi connectivity index (χ3v) is 4.59. The van der Waals surface area contributed by atoms with Gasteiger partial charge in [-0.3, -0.25) is 4.79 Å². The standard InChI is InChI=1S/C15H28N2O2.ClH/c1-12-8-13(2)10-17(9-12)14(18)15(11-19-3)4-6-16-7-5-15;/h12-13,16H,4-11H2,1-3H3;1H. The van der Waals surface area contributed by atoms with Gasteiger partial charge in [-0.15, -0.1) is 12.4 Å². The monoisotopic (exact) mass is 304 g/mol. The van der Waals surface area contributed by atoms with E-state index in [-0.39, 0.29) is 17.8 Å². The fraction of sp³-hybridized carbons (Fsp3) is 0.933. The summed E-state index contributed by atoms with van der Waals surface area (Å²) < 4.78 is 5.38. The van der Waals surface area contributed by atoms with Crippen molar-refractivity contribution in [3.63, 3.8) is 0 Å². The summed E-state index contributed by atoms with van der Waals surface area (Å²) in [5, 5.41) is 3.35. The molecular formula is C15H29ClN2O2. The number of nitrogens with one attached hydrogen (secondary N) is 1. The predicted octanol–water partition coefficient (Wildman–Crippen LogP) is 1.93. The minimum absolute atomic E-state index is 0. The largest absolute Gasteiger partial charge is 0.384 e. The van der Waals surface area contributed by atoms with Crippen molar-refractivity contribution in [3.8, 4) is 0 Å². The van der Waals surface area contributed by atoms with Gasteiger partial charge in [-0.2, -0.15) is 0 Å². The van der Waals surface area contributed by atoms with Crippen LogP contribution in [0.2, 0.25) is 0 Å². The van der Waals surface area contributed by atoms with Crippen LogP contribution in [0.3, 0.4) is 0 Å². The third kappa shape index (κ3) is 3.86. The Morgan fingerprint density at radius 2 is 1.80 bits per heavy atom. The Hall–Kier alpha value is -0.320. The van der Waals surface area contributed by atoms with E-state index >= 15 is 0 Å². The lowest BCUT2D eigenvalue weighted by molar-refractivity contribution is -0.150. The van der Waals surface area contributed by atoms with Crippen molar-refractivity contribution >= 4 is 18.3 Å². The molecule has 2 unspecified atom stereocenters. The zero-order chi connectivity index (χ0) is 13.9. The van der Waals surface area contributed by atoms with Gasteiger partial charge in [0, 0.05) is 20.2 Å². The molecule has 2 fully saturated rings. The number of rotatable bonds is 3. The van der Waals surface area contributed by atoms with Crippen molar-refractivity contribution in [1.82, 2.24) is 10.2 Å². The Balaban J connectivity index is 0.00000200. The lowest BCUT2D eigenvalue weighted by atomic mass is 9.77. The normalized spacial score (nSPS) is 29.6. The van der Waals surface area contributed by atoms with Gasteiger partial charge in [-0.25, -0.2) is 0 Å². The Labute approximate surface area is 129 Å². The van der Waals surface area contributed by atoms with Crippen molar-refractivity contribution in [1.29, 1.82) is 0 Å². The van der Waals surface area contributed by atoms with E-state index in [0.29, 0.717) is 24.3 Å². The van der Waals surface area contributed by atoms with Crippen molar-refractivity contribution in [2.24, 2.45) is 17.3 Å². The van der Waals surface area contributed by atoms with E-state index in [1.54, 1.807) is 7.11 Å². The molecule has 0 aromatic heterocycles. The first-order chi connectivity index (χ1) is 9.07. The summed E-state index contributed by atoms with van der Waals surface area (Å²) in [7, 11) is 1.71. The van der Waals surface area contributed by atoms with Gasteiger partial charge < -0.3 is 15.0 Å². The van der Waals surface area contributed by atoms with Crippen LogP contribution in [0.15, 0.2) is 0 Å². The summed E-state index contributed by atoms with van der Waals surface area (Å²) in [6, 6.07) is 0. The van der Waals surface area contributed by atoms with E-state index in [0.717, 1.165) is 39.0 Å². The molecule has 2 rings (SSSR count). The molecule has 0 bridgehead atoms. The van der Waals surface area contributed by atoms with Crippen molar-refractivity contribution in [2.45, 2.75) is 33.1 Å². The number of carbonyl (C=O) groups excluding carboxylic acids is 1. The smallest absolute Gasteiger partial charge is 0.231 e. The SMILES string of the molecule is COCC1(C(=O)N2CC(C)CC(C)C2)CCNCC1.Cl. The second-order valence-corrected chi connectivity index (χ2v) is 6.62. The highest BCUT2D eigenvalue weighted by Gasteiger charge is 2.43. The second kappa shape index (κ2) is 7.62. The Morgan fingerprint density at radius 3 is 2.30 bits per heavy atom. The van der Waals surface area contributed by atoms with Crippen molar-refractivity contribution in [3.05, 3.63) is 0 Å². The summed E-state index contributed by atoms with van der Waals surface area (Å²) in [6.45, 7) is 8.75. The number of amides is 1. The summed E-state index contributed by atoms with van der Waals surface area (Å²) in [6.07, 6.45) is 3.04. The van der Waals surface area contributed by atoms with Gasteiger partial charge in [0.2, 0.25) is 5.91 Å². The van der Waals surface area contributed by atoms with Crippen LogP contribution in [0.5, 0.6) is 0 Å². The van der Waals surface area contributed by atoms with Gasteiger partial charge in [0.15, 0.2) is 0 Å². The van der Waals surface area contributed by atoms with Crippen LogP contribution in [0.1, 0.15) is 33.1 Å². The summed E-state index contributed by atoms with van der Waals surface area (Å²) in [5.74, 6) is 1.57. The number of hydrogen-bond donors (Lipinski definition) is 1. The van der Waals surface area contributed by atoms with Crippen LogP contribution in [0, 0.1) is 17.3 Å². The molecule has 0 saturated carbocycles. The number of likely N-dealkylation sites (tertiary alicyclic amines) is 1. The van der Waals surface area contributed by atoms with Gasteiger partial charge in [0.25, 0.3) is 0 Å². The number of piperidine rings is 2. The Bertz CT molecular complexity index is 303. The highest BCUT2D eigenvalue weighted by molar-refractivity contribution is 5.85. The van der Waals surface area contributed by atoms with Crippen LogP contribution < -0.4 is 5.32 Å². The van der Waals surface area contributed by atoms with Gasteiger partial charge in [0.1, 0.15) is 0 Å². The van der Waals surface area contributed by atoms with E-state index in [1.807, 2.05) is 0 Å². The molecule has 5 heteroatoms. The third-order valence-electron chi connectivity index (χ3n) is 4.59. The van der Waals surface area contributed by atoms with Crippen LogP contribution in [-0.2, 0) is 9.53 Å². The number of nitrogens with zero attached hydrogens (tertiary/aromatic N) is 1. The van der Waals surface area contributed by atoms with Crippen LogP contribution >= 0.6 is 12.4 Å².